The van der Waals surface area contributed by atoms with E-state index in [0.29, 0.717) is 13.1 Å². The van der Waals surface area contributed by atoms with Crippen molar-refractivity contribution in [2.75, 3.05) is 31.5 Å². The van der Waals surface area contributed by atoms with Gasteiger partial charge in [0, 0.05) is 47.8 Å². The molecule has 1 N–H and O–H groups in total. The maximum Gasteiger partial charge on any atom is 0.321 e. The summed E-state index contributed by atoms with van der Waals surface area (Å²) in [5.74, 6) is 0. The number of nitrogens with zero attached hydrogens (tertiary/aromatic N) is 3. The molecule has 7 heteroatoms. The fourth-order valence-electron chi connectivity index (χ4n) is 3.28. The van der Waals surface area contributed by atoms with Crippen LogP contribution in [-0.2, 0) is 6.54 Å². The molecule has 0 saturated carbocycles. The van der Waals surface area contributed by atoms with Gasteiger partial charge in [-0.05, 0) is 31.2 Å². The molecule has 5 nitrogen and oxygen atoms in total. The smallest absolute Gasteiger partial charge is 0.321 e. The average molecular weight is 427 g/mol. The van der Waals surface area contributed by atoms with Gasteiger partial charge in [0.05, 0.1) is 12.2 Å². The Balaban J connectivity index is 1.28. The zero-order chi connectivity index (χ0) is 20.2. The van der Waals surface area contributed by atoms with Crippen LogP contribution in [0.25, 0.3) is 11.3 Å². The largest absolute Gasteiger partial charge is 0.322 e. The van der Waals surface area contributed by atoms with Crippen LogP contribution in [0.15, 0.2) is 53.9 Å². The number of urea groups is 1. The Morgan fingerprint density at radius 1 is 1.07 bits per heavy atom. The summed E-state index contributed by atoms with van der Waals surface area (Å²) in [6.07, 6.45) is 0. The van der Waals surface area contributed by atoms with Crippen molar-refractivity contribution in [2.24, 2.45) is 0 Å². The zero-order valence-corrected chi connectivity index (χ0v) is 17.8. The number of nitrogens with one attached hydrogen (secondary N) is 1. The van der Waals surface area contributed by atoms with Crippen molar-refractivity contribution in [3.05, 3.63) is 69.5 Å². The molecule has 2 heterocycles. The maximum absolute atomic E-state index is 12.5. The Morgan fingerprint density at radius 3 is 2.45 bits per heavy atom. The molecular weight excluding hydrogens is 404 g/mol. The number of aromatic nitrogens is 1. The van der Waals surface area contributed by atoms with E-state index in [4.69, 9.17) is 16.6 Å². The number of benzene rings is 2. The molecule has 1 aliphatic rings. The van der Waals surface area contributed by atoms with Gasteiger partial charge < -0.3 is 10.2 Å². The highest BCUT2D eigenvalue weighted by atomic mass is 35.5. The molecular formula is C22H23ClN4OS. The molecule has 1 aromatic heterocycles. The van der Waals surface area contributed by atoms with E-state index in [1.54, 1.807) is 11.3 Å². The molecule has 1 fully saturated rings. The number of hydrogen-bond acceptors (Lipinski definition) is 4. The van der Waals surface area contributed by atoms with Crippen LogP contribution in [-0.4, -0.2) is 47.0 Å². The predicted molar refractivity (Wildman–Crippen MR) is 120 cm³/mol. The molecule has 0 atom stereocenters. The zero-order valence-electron chi connectivity index (χ0n) is 16.3. The van der Waals surface area contributed by atoms with E-state index < -0.39 is 0 Å². The Hall–Kier alpha value is -2.41. The number of hydrogen-bond donors (Lipinski definition) is 1. The number of piperazine rings is 1. The predicted octanol–water partition coefficient (Wildman–Crippen LogP) is 5.12. The second-order valence-electron chi connectivity index (χ2n) is 7.19. The maximum atomic E-state index is 12.5. The Labute approximate surface area is 179 Å². The number of amides is 2. The molecule has 2 aromatic carbocycles. The van der Waals surface area contributed by atoms with Crippen LogP contribution in [0, 0.1) is 6.92 Å². The number of thiazole rings is 1. The van der Waals surface area contributed by atoms with Crippen molar-refractivity contribution in [2.45, 2.75) is 13.5 Å². The fraction of sp³-hybridized carbons (Fsp3) is 0.273. The minimum atomic E-state index is -0.0345. The summed E-state index contributed by atoms with van der Waals surface area (Å²) >= 11 is 7.64. The van der Waals surface area contributed by atoms with Gasteiger partial charge in [-0.15, -0.1) is 11.3 Å². The van der Waals surface area contributed by atoms with Crippen LogP contribution < -0.4 is 5.32 Å². The third-order valence-corrected chi connectivity index (χ3v) is 6.10. The number of carbonyl (C=O) groups is 1. The van der Waals surface area contributed by atoms with Gasteiger partial charge in [0.15, 0.2) is 0 Å². The highest BCUT2D eigenvalue weighted by molar-refractivity contribution is 7.09. The summed E-state index contributed by atoms with van der Waals surface area (Å²) in [7, 11) is 0. The van der Waals surface area contributed by atoms with Crippen LogP contribution in [0.5, 0.6) is 0 Å². The van der Waals surface area contributed by atoms with Gasteiger partial charge in [0.2, 0.25) is 0 Å². The number of rotatable bonds is 4. The lowest BCUT2D eigenvalue weighted by Crippen LogP contribution is -2.49. The molecule has 0 spiro atoms. The van der Waals surface area contributed by atoms with Crippen molar-refractivity contribution in [1.29, 1.82) is 0 Å². The fourth-order valence-corrected chi connectivity index (χ4v) is 4.25. The first kappa shape index (κ1) is 19.9. The summed E-state index contributed by atoms with van der Waals surface area (Å²) in [5.41, 5.74) is 4.07. The first-order chi connectivity index (χ1) is 14.1. The summed E-state index contributed by atoms with van der Waals surface area (Å²) in [5, 5.41) is 6.89. The quantitative estimate of drug-likeness (QED) is 0.629. The van der Waals surface area contributed by atoms with Crippen molar-refractivity contribution in [3.8, 4) is 11.3 Å². The third-order valence-electron chi connectivity index (χ3n) is 5.01. The van der Waals surface area contributed by atoms with Crippen LogP contribution in [0.3, 0.4) is 0 Å². The lowest BCUT2D eigenvalue weighted by molar-refractivity contribution is 0.143. The molecule has 0 unspecified atom stereocenters. The molecule has 150 valence electrons. The number of halogens is 1. The first-order valence-corrected chi connectivity index (χ1v) is 10.9. The topological polar surface area (TPSA) is 48.5 Å². The van der Waals surface area contributed by atoms with Crippen LogP contribution in [0.2, 0.25) is 5.02 Å². The van der Waals surface area contributed by atoms with Crippen molar-refractivity contribution < 1.29 is 4.79 Å². The van der Waals surface area contributed by atoms with E-state index in [9.17, 15) is 4.79 Å². The molecule has 29 heavy (non-hydrogen) atoms. The highest BCUT2D eigenvalue weighted by Gasteiger charge is 2.22. The molecule has 3 aromatic rings. The Bertz CT molecular complexity index is 963. The molecule has 4 rings (SSSR count). The normalized spacial score (nSPS) is 14.8. The number of aryl methyl sites for hydroxylation is 1. The summed E-state index contributed by atoms with van der Waals surface area (Å²) in [4.78, 5) is 21.5. The van der Waals surface area contributed by atoms with Crippen molar-refractivity contribution in [3.63, 3.8) is 0 Å². The number of anilines is 1. The van der Waals surface area contributed by atoms with Crippen molar-refractivity contribution >= 4 is 34.7 Å². The molecule has 1 saturated heterocycles. The molecule has 1 aliphatic heterocycles. The van der Waals surface area contributed by atoms with Gasteiger partial charge >= 0.3 is 6.03 Å². The van der Waals surface area contributed by atoms with Crippen LogP contribution in [0.4, 0.5) is 10.5 Å². The average Bonchev–Trinajstić information content (AvgIpc) is 3.19. The summed E-state index contributed by atoms with van der Waals surface area (Å²) < 4.78 is 0. The Kier molecular flexibility index (Phi) is 6.13. The third kappa shape index (κ3) is 5.15. The lowest BCUT2D eigenvalue weighted by atomic mass is 10.2. The van der Waals surface area contributed by atoms with E-state index in [1.165, 1.54) is 5.56 Å². The first-order valence-electron chi connectivity index (χ1n) is 9.62. The SMILES string of the molecule is Cc1ccc(NC(=O)N2CCN(Cc3nc(-c4ccc(Cl)cc4)cs3)CC2)cc1. The molecule has 2 amide bonds. The lowest BCUT2D eigenvalue weighted by Gasteiger charge is -2.34. The van der Waals surface area contributed by atoms with Gasteiger partial charge in [-0.2, -0.15) is 0 Å². The monoisotopic (exact) mass is 426 g/mol. The van der Waals surface area contributed by atoms with Crippen molar-refractivity contribution in [1.82, 2.24) is 14.8 Å². The molecule has 0 bridgehead atoms. The second kappa shape index (κ2) is 8.95. The molecule has 0 radical (unpaired) electrons. The van der Waals surface area contributed by atoms with Gasteiger partial charge in [0.1, 0.15) is 5.01 Å². The van der Waals surface area contributed by atoms with Gasteiger partial charge in [-0.3, -0.25) is 4.90 Å². The number of carbonyl (C=O) groups excluding carboxylic acids is 1. The Morgan fingerprint density at radius 2 is 1.76 bits per heavy atom. The van der Waals surface area contributed by atoms with Gasteiger partial charge in [0.25, 0.3) is 0 Å². The van der Waals surface area contributed by atoms with E-state index in [2.05, 4.69) is 15.6 Å². The minimum absolute atomic E-state index is 0.0345. The standard InChI is InChI=1S/C22H23ClN4OS/c1-16-2-8-19(9-3-16)24-22(28)27-12-10-26(11-13-27)14-21-25-20(15-29-21)17-4-6-18(23)7-5-17/h2-9,15H,10-14H2,1H3,(H,24,28). The van der Waals surface area contributed by atoms with E-state index in [0.717, 1.165) is 46.6 Å². The van der Waals surface area contributed by atoms with Crippen LogP contribution in [0.1, 0.15) is 10.6 Å². The van der Waals surface area contributed by atoms with Crippen LogP contribution >= 0.6 is 22.9 Å². The summed E-state index contributed by atoms with van der Waals surface area (Å²) in [6, 6.07) is 15.6. The van der Waals surface area contributed by atoms with E-state index in [-0.39, 0.29) is 6.03 Å². The van der Waals surface area contributed by atoms with E-state index in [1.807, 2.05) is 60.4 Å². The van der Waals surface area contributed by atoms with Gasteiger partial charge in [-0.25, -0.2) is 9.78 Å². The van der Waals surface area contributed by atoms with E-state index >= 15 is 0 Å². The van der Waals surface area contributed by atoms with Gasteiger partial charge in [-0.1, -0.05) is 41.4 Å². The minimum Gasteiger partial charge on any atom is -0.322 e. The summed E-state index contributed by atoms with van der Waals surface area (Å²) in [6.45, 7) is 5.96. The highest BCUT2D eigenvalue weighted by Crippen LogP contribution is 2.24. The molecule has 0 aliphatic carbocycles. The second-order valence-corrected chi connectivity index (χ2v) is 8.57.